The van der Waals surface area contributed by atoms with Crippen LogP contribution in [0.1, 0.15) is 56.4 Å². The van der Waals surface area contributed by atoms with Crippen molar-refractivity contribution in [1.82, 2.24) is 9.47 Å². The molecular weight excluding hydrogens is 387 g/mol. The topological polar surface area (TPSA) is 25.2 Å². The number of aromatic nitrogens is 1. The largest absolute Gasteiger partial charge is 0.345 e. The number of carbonyl (C=O) groups is 1. The van der Waals surface area contributed by atoms with Crippen molar-refractivity contribution in [3.63, 3.8) is 0 Å². The van der Waals surface area contributed by atoms with E-state index in [1.54, 1.807) is 0 Å². The summed E-state index contributed by atoms with van der Waals surface area (Å²) < 4.78 is 15.4. The Kier molecular flexibility index (Phi) is 8.45. The first kappa shape index (κ1) is 22.8. The molecule has 1 amide bonds. The Labute approximate surface area is 185 Å². The molecule has 0 saturated carbocycles. The Bertz CT molecular complexity index is 933. The van der Waals surface area contributed by atoms with Gasteiger partial charge < -0.3 is 9.47 Å². The average Bonchev–Trinajstić information content (AvgIpc) is 3.22. The van der Waals surface area contributed by atoms with Crippen LogP contribution in [0.3, 0.4) is 0 Å². The maximum Gasteiger partial charge on any atom is 0.226 e. The van der Waals surface area contributed by atoms with E-state index in [0.29, 0.717) is 19.6 Å². The highest BCUT2D eigenvalue weighted by Gasteiger charge is 2.23. The number of benzene rings is 2. The summed E-state index contributed by atoms with van der Waals surface area (Å²) in [5.74, 6) is 0.0623. The van der Waals surface area contributed by atoms with Crippen molar-refractivity contribution in [2.45, 2.75) is 59.2 Å². The van der Waals surface area contributed by atoms with Crippen LogP contribution in [0.4, 0.5) is 4.39 Å². The van der Waals surface area contributed by atoms with E-state index < -0.39 is 0 Å². The van der Waals surface area contributed by atoms with Crippen molar-refractivity contribution in [3.8, 4) is 0 Å². The summed E-state index contributed by atoms with van der Waals surface area (Å²) in [4.78, 5) is 15.5. The predicted octanol–water partition coefficient (Wildman–Crippen LogP) is 6.42. The van der Waals surface area contributed by atoms with Gasteiger partial charge in [-0.3, -0.25) is 4.79 Å². The van der Waals surface area contributed by atoms with Crippen LogP contribution in [0.25, 0.3) is 0 Å². The predicted molar refractivity (Wildman–Crippen MR) is 124 cm³/mol. The summed E-state index contributed by atoms with van der Waals surface area (Å²) in [5.41, 5.74) is 3.26. The molecule has 1 aromatic heterocycles. The maximum absolute atomic E-state index is 13.5. The molecule has 3 rings (SSSR count). The van der Waals surface area contributed by atoms with Crippen LogP contribution in [-0.4, -0.2) is 15.4 Å². The third kappa shape index (κ3) is 6.55. The molecule has 4 heteroatoms. The van der Waals surface area contributed by atoms with E-state index in [9.17, 15) is 9.18 Å². The van der Waals surface area contributed by atoms with E-state index in [4.69, 9.17) is 0 Å². The fourth-order valence-corrected chi connectivity index (χ4v) is 3.96. The number of amides is 1. The Balaban J connectivity index is 1.80. The van der Waals surface area contributed by atoms with Crippen LogP contribution >= 0.6 is 0 Å². The lowest BCUT2D eigenvalue weighted by Gasteiger charge is -2.28. The molecule has 31 heavy (non-hydrogen) atoms. The SMILES string of the molecule is CCCC[C@H](CC)C(=O)N(Cc1ccccc1)Cc1cccn1Cc1ccc(F)cc1. The van der Waals surface area contributed by atoms with Gasteiger partial charge in [-0.2, -0.15) is 0 Å². The van der Waals surface area contributed by atoms with E-state index in [-0.39, 0.29) is 17.6 Å². The molecule has 0 saturated heterocycles. The number of unbranched alkanes of at least 4 members (excludes halogenated alkanes) is 1. The van der Waals surface area contributed by atoms with Crippen LogP contribution in [0.5, 0.6) is 0 Å². The van der Waals surface area contributed by atoms with Crippen LogP contribution < -0.4 is 0 Å². The molecule has 3 nitrogen and oxygen atoms in total. The van der Waals surface area contributed by atoms with Gasteiger partial charge >= 0.3 is 0 Å². The molecular formula is C27H33FN2O. The van der Waals surface area contributed by atoms with E-state index in [0.717, 1.165) is 42.5 Å². The zero-order valence-corrected chi connectivity index (χ0v) is 18.6. The van der Waals surface area contributed by atoms with Crippen LogP contribution in [0.15, 0.2) is 72.9 Å². The highest BCUT2D eigenvalue weighted by atomic mass is 19.1. The van der Waals surface area contributed by atoms with Crippen molar-refractivity contribution in [1.29, 1.82) is 0 Å². The summed E-state index contributed by atoms with van der Waals surface area (Å²) in [5, 5.41) is 0. The van der Waals surface area contributed by atoms with Crippen molar-refractivity contribution in [3.05, 3.63) is 95.6 Å². The second-order valence-corrected chi connectivity index (χ2v) is 8.18. The number of hydrogen-bond donors (Lipinski definition) is 0. The molecule has 2 aromatic carbocycles. The molecule has 3 aromatic rings. The zero-order chi connectivity index (χ0) is 22.1. The normalized spacial score (nSPS) is 12.0. The molecule has 0 aliphatic carbocycles. The number of carbonyl (C=O) groups excluding carboxylic acids is 1. The number of nitrogens with zero attached hydrogens (tertiary/aromatic N) is 2. The number of halogens is 1. The molecule has 0 unspecified atom stereocenters. The van der Waals surface area contributed by atoms with Gasteiger partial charge in [-0.1, -0.05) is 69.2 Å². The fraction of sp³-hybridized carbons (Fsp3) is 0.370. The lowest BCUT2D eigenvalue weighted by molar-refractivity contribution is -0.137. The molecule has 164 valence electrons. The van der Waals surface area contributed by atoms with Crippen LogP contribution in [0, 0.1) is 11.7 Å². The van der Waals surface area contributed by atoms with E-state index in [1.807, 2.05) is 47.5 Å². The van der Waals surface area contributed by atoms with Crippen LogP contribution in [0.2, 0.25) is 0 Å². The minimum Gasteiger partial charge on any atom is -0.345 e. The lowest BCUT2D eigenvalue weighted by atomic mass is 9.97. The highest BCUT2D eigenvalue weighted by Crippen LogP contribution is 2.20. The molecule has 0 fully saturated rings. The molecule has 0 spiro atoms. The first-order valence-corrected chi connectivity index (χ1v) is 11.3. The molecule has 1 heterocycles. The Hall–Kier alpha value is -2.88. The molecule has 0 radical (unpaired) electrons. The van der Waals surface area contributed by atoms with Gasteiger partial charge in [0.05, 0.1) is 6.54 Å². The van der Waals surface area contributed by atoms with Gasteiger partial charge in [-0.05, 0) is 48.2 Å². The van der Waals surface area contributed by atoms with Gasteiger partial charge in [-0.25, -0.2) is 4.39 Å². The highest BCUT2D eigenvalue weighted by molar-refractivity contribution is 5.78. The third-order valence-corrected chi connectivity index (χ3v) is 5.82. The molecule has 1 atom stereocenters. The molecule has 0 bridgehead atoms. The minimum absolute atomic E-state index is 0.0594. The standard InChI is InChI=1S/C27H33FN2O/c1-3-5-12-24(4-2)27(31)30(20-22-10-7-6-8-11-22)21-26-13-9-18-29(26)19-23-14-16-25(28)17-15-23/h6-11,13-18,24H,3-5,12,19-21H2,1-2H3/t24-/m0/s1. The Morgan fingerprint density at radius 3 is 2.35 bits per heavy atom. The smallest absolute Gasteiger partial charge is 0.226 e. The molecule has 0 aliphatic heterocycles. The molecule has 0 N–H and O–H groups in total. The summed E-state index contributed by atoms with van der Waals surface area (Å²) in [6, 6.07) is 20.9. The number of rotatable bonds is 11. The first-order chi connectivity index (χ1) is 15.1. The van der Waals surface area contributed by atoms with E-state index >= 15 is 0 Å². The summed E-state index contributed by atoms with van der Waals surface area (Å²) in [6.45, 7) is 6.09. The quantitative estimate of drug-likeness (QED) is 0.351. The number of hydrogen-bond acceptors (Lipinski definition) is 1. The van der Waals surface area contributed by atoms with Gasteiger partial charge in [-0.15, -0.1) is 0 Å². The monoisotopic (exact) mass is 420 g/mol. The van der Waals surface area contributed by atoms with Crippen molar-refractivity contribution in [2.75, 3.05) is 0 Å². The van der Waals surface area contributed by atoms with Crippen molar-refractivity contribution in [2.24, 2.45) is 5.92 Å². The summed E-state index contributed by atoms with van der Waals surface area (Å²) >= 11 is 0. The Morgan fingerprint density at radius 1 is 0.935 bits per heavy atom. The van der Waals surface area contributed by atoms with Gasteiger partial charge in [0.25, 0.3) is 0 Å². The van der Waals surface area contributed by atoms with Gasteiger partial charge in [0.2, 0.25) is 5.91 Å². The third-order valence-electron chi connectivity index (χ3n) is 5.82. The van der Waals surface area contributed by atoms with Gasteiger partial charge in [0.1, 0.15) is 5.82 Å². The second kappa shape index (κ2) is 11.5. The Morgan fingerprint density at radius 2 is 1.68 bits per heavy atom. The minimum atomic E-state index is -0.228. The molecule has 0 aliphatic rings. The first-order valence-electron chi connectivity index (χ1n) is 11.3. The van der Waals surface area contributed by atoms with Crippen molar-refractivity contribution >= 4 is 5.91 Å². The van der Waals surface area contributed by atoms with Crippen LogP contribution in [-0.2, 0) is 24.4 Å². The second-order valence-electron chi connectivity index (χ2n) is 8.18. The van der Waals surface area contributed by atoms with Crippen molar-refractivity contribution < 1.29 is 9.18 Å². The summed E-state index contributed by atoms with van der Waals surface area (Å²) in [6.07, 6.45) is 6.00. The van der Waals surface area contributed by atoms with E-state index in [2.05, 4.69) is 36.6 Å². The fourth-order valence-electron chi connectivity index (χ4n) is 3.96. The summed E-state index contributed by atoms with van der Waals surface area (Å²) in [7, 11) is 0. The zero-order valence-electron chi connectivity index (χ0n) is 18.6. The van der Waals surface area contributed by atoms with E-state index in [1.165, 1.54) is 12.1 Å². The lowest BCUT2D eigenvalue weighted by Crippen LogP contribution is -2.35. The van der Waals surface area contributed by atoms with Gasteiger partial charge in [0.15, 0.2) is 0 Å². The van der Waals surface area contributed by atoms with Gasteiger partial charge in [0, 0.05) is 30.9 Å². The average molecular weight is 421 g/mol. The maximum atomic E-state index is 13.5.